The van der Waals surface area contributed by atoms with Crippen LogP contribution >= 0.6 is 0 Å². The zero-order chi connectivity index (χ0) is 33.8. The van der Waals surface area contributed by atoms with Gasteiger partial charge in [0.1, 0.15) is 0 Å². The quantitative estimate of drug-likeness (QED) is 0.142. The van der Waals surface area contributed by atoms with Crippen LogP contribution in [0.4, 0.5) is 0 Å². The van der Waals surface area contributed by atoms with E-state index in [1.807, 2.05) is 36.7 Å². The Labute approximate surface area is 290 Å². The molecule has 0 aliphatic rings. The molecule has 0 amide bonds. The normalized spacial score (nSPS) is 11.4. The number of benzene rings is 7. The highest BCUT2D eigenvalue weighted by Gasteiger charge is 2.22. The highest BCUT2D eigenvalue weighted by molar-refractivity contribution is 6.26. The lowest BCUT2D eigenvalue weighted by Crippen LogP contribution is -1.98. The van der Waals surface area contributed by atoms with E-state index < -0.39 is 0 Å². The maximum absolute atomic E-state index is 9.26. The van der Waals surface area contributed by atoms with E-state index in [0.29, 0.717) is 5.56 Å². The van der Waals surface area contributed by atoms with Crippen LogP contribution in [0.15, 0.2) is 152 Å². The van der Waals surface area contributed by atoms with E-state index in [0.717, 1.165) is 39.0 Å². The number of pyridine rings is 2. The summed E-state index contributed by atoms with van der Waals surface area (Å²) in [6.07, 6.45) is 3.81. The monoisotopic (exact) mass is 637 g/mol. The predicted octanol–water partition coefficient (Wildman–Crippen LogP) is 12.2. The standard InChI is InChI=1S/C47H31N3/c1-29-44-40-15-9-10-16-42(40)50-47(34-13-7-4-8-14-34)46(44)30(2)43-39-22-21-35(23-36(39)25-41(45(29)43)33-11-5-3-6-12-33)38-24-37(27-49-28-38)32-19-17-31(26-48)18-20-32/h3-25,27-28H,1-2H3. The van der Waals surface area contributed by atoms with Gasteiger partial charge in [-0.1, -0.05) is 103 Å². The average Bonchev–Trinajstić information content (AvgIpc) is 3.19. The highest BCUT2D eigenvalue weighted by atomic mass is 14.7. The average molecular weight is 638 g/mol. The molecule has 50 heavy (non-hydrogen) atoms. The molecule has 7 aromatic carbocycles. The van der Waals surface area contributed by atoms with Crippen molar-refractivity contribution in [2.24, 2.45) is 0 Å². The van der Waals surface area contributed by atoms with Gasteiger partial charge in [0.05, 0.1) is 22.8 Å². The Morgan fingerprint density at radius 3 is 1.84 bits per heavy atom. The van der Waals surface area contributed by atoms with Crippen LogP contribution in [0, 0.1) is 25.2 Å². The molecule has 0 aliphatic carbocycles. The van der Waals surface area contributed by atoms with Crippen LogP contribution in [0.2, 0.25) is 0 Å². The summed E-state index contributed by atoms with van der Waals surface area (Å²) >= 11 is 0. The number of nitrogens with zero attached hydrogens (tertiary/aromatic N) is 3. The smallest absolute Gasteiger partial charge is 0.0991 e. The SMILES string of the molecule is Cc1c2c(-c3ccccc3)nc3ccccc3c2c(C)c2c(-c3ccccc3)cc3cc(-c4cncc(-c5ccc(C#N)cc5)c4)ccc3c12. The number of nitriles is 1. The Balaban J connectivity index is 1.36. The van der Waals surface area contributed by atoms with E-state index in [1.165, 1.54) is 60.0 Å². The first-order valence-electron chi connectivity index (χ1n) is 16.9. The molecule has 3 heteroatoms. The third kappa shape index (κ3) is 4.73. The molecule has 9 aromatic rings. The molecule has 3 nitrogen and oxygen atoms in total. The first kappa shape index (κ1) is 29.5. The Hall–Kier alpha value is -6.63. The molecule has 0 fully saturated rings. The van der Waals surface area contributed by atoms with Gasteiger partial charge in [0.15, 0.2) is 0 Å². The Morgan fingerprint density at radius 2 is 1.10 bits per heavy atom. The van der Waals surface area contributed by atoms with Crippen molar-refractivity contribution in [3.05, 3.63) is 169 Å². The molecular formula is C47H31N3. The van der Waals surface area contributed by atoms with Crippen molar-refractivity contribution in [2.75, 3.05) is 0 Å². The van der Waals surface area contributed by atoms with Gasteiger partial charge in [-0.25, -0.2) is 4.98 Å². The van der Waals surface area contributed by atoms with Gasteiger partial charge in [-0.05, 0) is 111 Å². The van der Waals surface area contributed by atoms with Gasteiger partial charge in [0, 0.05) is 39.9 Å². The van der Waals surface area contributed by atoms with Crippen LogP contribution in [0.1, 0.15) is 16.7 Å². The van der Waals surface area contributed by atoms with Crippen molar-refractivity contribution >= 4 is 43.2 Å². The summed E-state index contributed by atoms with van der Waals surface area (Å²) in [5, 5.41) is 17.8. The van der Waals surface area contributed by atoms with E-state index in [-0.39, 0.29) is 0 Å². The fourth-order valence-corrected chi connectivity index (χ4v) is 7.73. The first-order chi connectivity index (χ1) is 24.6. The molecule has 2 heterocycles. The van der Waals surface area contributed by atoms with Crippen molar-refractivity contribution < 1.29 is 0 Å². The molecule has 0 bridgehead atoms. The Bertz CT molecular complexity index is 2810. The summed E-state index contributed by atoms with van der Waals surface area (Å²) < 4.78 is 0. The lowest BCUT2D eigenvalue weighted by Gasteiger charge is -2.21. The zero-order valence-corrected chi connectivity index (χ0v) is 27.8. The number of para-hydroxylation sites is 1. The summed E-state index contributed by atoms with van der Waals surface area (Å²) in [6, 6.07) is 51.1. The van der Waals surface area contributed by atoms with Crippen LogP contribution < -0.4 is 0 Å². The van der Waals surface area contributed by atoms with E-state index in [4.69, 9.17) is 4.98 Å². The molecule has 0 N–H and O–H groups in total. The van der Waals surface area contributed by atoms with Crippen LogP contribution in [0.3, 0.4) is 0 Å². The lowest BCUT2D eigenvalue weighted by atomic mass is 9.83. The van der Waals surface area contributed by atoms with Crippen molar-refractivity contribution in [3.8, 4) is 50.7 Å². The number of hydrogen-bond acceptors (Lipinski definition) is 3. The molecule has 2 aromatic heterocycles. The number of hydrogen-bond donors (Lipinski definition) is 0. The summed E-state index contributed by atoms with van der Waals surface area (Å²) in [5.41, 5.74) is 12.9. The van der Waals surface area contributed by atoms with Gasteiger partial charge in [-0.3, -0.25) is 4.98 Å². The van der Waals surface area contributed by atoms with Crippen molar-refractivity contribution in [1.29, 1.82) is 5.26 Å². The molecule has 0 saturated carbocycles. The number of aromatic nitrogens is 2. The first-order valence-corrected chi connectivity index (χ1v) is 16.9. The molecule has 0 spiro atoms. The van der Waals surface area contributed by atoms with Gasteiger partial charge in [0.25, 0.3) is 0 Å². The second-order valence-electron chi connectivity index (χ2n) is 13.0. The molecule has 0 saturated heterocycles. The largest absolute Gasteiger partial charge is 0.263 e. The van der Waals surface area contributed by atoms with Crippen LogP contribution in [0.5, 0.6) is 0 Å². The van der Waals surface area contributed by atoms with Gasteiger partial charge < -0.3 is 0 Å². The maximum Gasteiger partial charge on any atom is 0.0991 e. The third-order valence-corrected chi connectivity index (χ3v) is 10.1. The van der Waals surface area contributed by atoms with Crippen LogP contribution in [0.25, 0.3) is 87.9 Å². The van der Waals surface area contributed by atoms with Gasteiger partial charge in [-0.15, -0.1) is 0 Å². The fourth-order valence-electron chi connectivity index (χ4n) is 7.73. The summed E-state index contributed by atoms with van der Waals surface area (Å²) in [4.78, 5) is 9.94. The summed E-state index contributed by atoms with van der Waals surface area (Å²) in [7, 11) is 0. The second-order valence-corrected chi connectivity index (χ2v) is 13.0. The molecule has 234 valence electrons. The van der Waals surface area contributed by atoms with E-state index in [2.05, 4.69) is 140 Å². The minimum Gasteiger partial charge on any atom is -0.263 e. The molecular weight excluding hydrogens is 607 g/mol. The second kappa shape index (κ2) is 11.8. The molecule has 0 aliphatic heterocycles. The van der Waals surface area contributed by atoms with E-state index in [1.54, 1.807) is 0 Å². The van der Waals surface area contributed by atoms with Crippen LogP contribution in [-0.2, 0) is 0 Å². The topological polar surface area (TPSA) is 49.6 Å². The fraction of sp³-hybridized carbons (Fsp3) is 0.0426. The van der Waals surface area contributed by atoms with Crippen molar-refractivity contribution in [1.82, 2.24) is 9.97 Å². The summed E-state index contributed by atoms with van der Waals surface area (Å²) in [6.45, 7) is 4.57. The minimum absolute atomic E-state index is 0.645. The van der Waals surface area contributed by atoms with Crippen LogP contribution in [-0.4, -0.2) is 9.97 Å². The minimum atomic E-state index is 0.645. The molecule has 0 atom stereocenters. The van der Waals surface area contributed by atoms with Crippen molar-refractivity contribution in [3.63, 3.8) is 0 Å². The van der Waals surface area contributed by atoms with Gasteiger partial charge in [-0.2, -0.15) is 5.26 Å². The number of fused-ring (bicyclic) bond motifs is 6. The van der Waals surface area contributed by atoms with Gasteiger partial charge in [0.2, 0.25) is 0 Å². The highest BCUT2D eigenvalue weighted by Crippen LogP contribution is 2.46. The zero-order valence-electron chi connectivity index (χ0n) is 27.8. The summed E-state index contributed by atoms with van der Waals surface area (Å²) in [5.74, 6) is 0. The molecule has 9 rings (SSSR count). The number of rotatable bonds is 4. The molecule has 0 radical (unpaired) electrons. The predicted molar refractivity (Wildman–Crippen MR) is 208 cm³/mol. The number of aryl methyl sites for hydroxylation is 2. The van der Waals surface area contributed by atoms with Gasteiger partial charge >= 0.3 is 0 Å². The Kier molecular flexibility index (Phi) is 6.97. The van der Waals surface area contributed by atoms with Crippen molar-refractivity contribution in [2.45, 2.75) is 13.8 Å². The third-order valence-electron chi connectivity index (χ3n) is 10.1. The maximum atomic E-state index is 9.26. The molecule has 0 unspecified atom stereocenters. The lowest BCUT2D eigenvalue weighted by molar-refractivity contribution is 1.33. The van der Waals surface area contributed by atoms with E-state index in [9.17, 15) is 5.26 Å². The Morgan fingerprint density at radius 1 is 0.480 bits per heavy atom. The van der Waals surface area contributed by atoms with E-state index >= 15 is 0 Å².